The van der Waals surface area contributed by atoms with Crippen LogP contribution in [0, 0.1) is 11.8 Å². The van der Waals surface area contributed by atoms with Gasteiger partial charge in [0.2, 0.25) is 5.91 Å². The molecule has 0 unspecified atom stereocenters. The van der Waals surface area contributed by atoms with E-state index in [4.69, 9.17) is 15.2 Å². The first-order valence-electron chi connectivity index (χ1n) is 5.39. The van der Waals surface area contributed by atoms with Crippen LogP contribution in [0.1, 0.15) is 5.56 Å². The average Bonchev–Trinajstić information content (AvgIpc) is 2.43. The standard InChI is InChI=1S/C13H16N2O3/c1-17-11-6-5-10(12(8-11)18-2)4-3-7-15-13(16)9-14/h5-6,8H,7,9,14H2,1-2H3,(H,15,16). The highest BCUT2D eigenvalue weighted by Gasteiger charge is 2.01. The quantitative estimate of drug-likeness (QED) is 0.743. The van der Waals surface area contributed by atoms with Crippen LogP contribution in [0.2, 0.25) is 0 Å². The monoisotopic (exact) mass is 248 g/mol. The number of methoxy groups -OCH3 is 2. The summed E-state index contributed by atoms with van der Waals surface area (Å²) >= 11 is 0. The molecule has 0 aromatic heterocycles. The summed E-state index contributed by atoms with van der Waals surface area (Å²) in [5.41, 5.74) is 5.89. The molecule has 96 valence electrons. The molecule has 0 aliphatic carbocycles. The molecule has 3 N–H and O–H groups in total. The largest absolute Gasteiger partial charge is 0.497 e. The second-order valence-electron chi connectivity index (χ2n) is 3.35. The Morgan fingerprint density at radius 1 is 1.39 bits per heavy atom. The van der Waals surface area contributed by atoms with Gasteiger partial charge in [0.05, 0.1) is 32.9 Å². The Kier molecular flexibility index (Phi) is 5.55. The van der Waals surface area contributed by atoms with Gasteiger partial charge in [-0.2, -0.15) is 0 Å². The molecule has 18 heavy (non-hydrogen) atoms. The van der Waals surface area contributed by atoms with Gasteiger partial charge in [0.25, 0.3) is 0 Å². The molecular weight excluding hydrogens is 232 g/mol. The summed E-state index contributed by atoms with van der Waals surface area (Å²) < 4.78 is 10.3. The van der Waals surface area contributed by atoms with E-state index in [-0.39, 0.29) is 19.0 Å². The number of carbonyl (C=O) groups excluding carboxylic acids is 1. The minimum absolute atomic E-state index is 0.0342. The Bertz CT molecular complexity index is 475. The smallest absolute Gasteiger partial charge is 0.234 e. The number of carbonyl (C=O) groups is 1. The number of ether oxygens (including phenoxy) is 2. The lowest BCUT2D eigenvalue weighted by atomic mass is 10.2. The molecule has 0 radical (unpaired) electrons. The van der Waals surface area contributed by atoms with Crippen molar-refractivity contribution in [1.29, 1.82) is 0 Å². The summed E-state index contributed by atoms with van der Waals surface area (Å²) in [7, 11) is 3.15. The fourth-order valence-electron chi connectivity index (χ4n) is 1.26. The lowest BCUT2D eigenvalue weighted by Crippen LogP contribution is -2.30. The average molecular weight is 248 g/mol. The van der Waals surface area contributed by atoms with Gasteiger partial charge in [0.1, 0.15) is 11.5 Å². The molecule has 5 nitrogen and oxygen atoms in total. The number of benzene rings is 1. The zero-order valence-electron chi connectivity index (χ0n) is 10.4. The van der Waals surface area contributed by atoms with Crippen LogP contribution in [0.4, 0.5) is 0 Å². The van der Waals surface area contributed by atoms with Gasteiger partial charge in [-0.05, 0) is 12.1 Å². The van der Waals surface area contributed by atoms with Crippen molar-refractivity contribution in [3.8, 4) is 23.3 Å². The van der Waals surface area contributed by atoms with E-state index in [1.165, 1.54) is 0 Å². The minimum Gasteiger partial charge on any atom is -0.497 e. The van der Waals surface area contributed by atoms with Gasteiger partial charge < -0.3 is 20.5 Å². The van der Waals surface area contributed by atoms with E-state index in [1.54, 1.807) is 32.4 Å². The molecule has 5 heteroatoms. The lowest BCUT2D eigenvalue weighted by Gasteiger charge is -2.05. The number of nitrogens with two attached hydrogens (primary N) is 1. The molecule has 0 heterocycles. The molecule has 0 saturated carbocycles. The Morgan fingerprint density at radius 3 is 2.78 bits per heavy atom. The van der Waals surface area contributed by atoms with E-state index >= 15 is 0 Å². The lowest BCUT2D eigenvalue weighted by molar-refractivity contribution is -0.119. The Morgan fingerprint density at radius 2 is 2.17 bits per heavy atom. The third-order valence-electron chi connectivity index (χ3n) is 2.19. The van der Waals surface area contributed by atoms with Crippen molar-refractivity contribution in [2.24, 2.45) is 5.73 Å². The predicted octanol–water partition coefficient (Wildman–Crippen LogP) is 0.130. The normalized spacial score (nSPS) is 9.06. The second kappa shape index (κ2) is 7.20. The minimum atomic E-state index is -0.231. The maximum Gasteiger partial charge on any atom is 0.234 e. The highest BCUT2D eigenvalue weighted by Crippen LogP contribution is 2.23. The Hall–Kier alpha value is -2.19. The van der Waals surface area contributed by atoms with E-state index in [1.807, 2.05) is 0 Å². The van der Waals surface area contributed by atoms with E-state index in [0.717, 1.165) is 5.56 Å². The fourth-order valence-corrected chi connectivity index (χ4v) is 1.26. The van der Waals surface area contributed by atoms with Crippen LogP contribution in [0.15, 0.2) is 18.2 Å². The maximum absolute atomic E-state index is 10.9. The van der Waals surface area contributed by atoms with Crippen LogP contribution < -0.4 is 20.5 Å². The molecule has 0 spiro atoms. The summed E-state index contributed by atoms with van der Waals surface area (Å²) in [5, 5.41) is 2.56. The third kappa shape index (κ3) is 4.00. The van der Waals surface area contributed by atoms with Crippen LogP contribution in [-0.4, -0.2) is 33.2 Å². The number of hydrogen-bond acceptors (Lipinski definition) is 4. The van der Waals surface area contributed by atoms with Gasteiger partial charge in [0.15, 0.2) is 0 Å². The summed E-state index contributed by atoms with van der Waals surface area (Å²) in [6.45, 7) is 0.221. The van der Waals surface area contributed by atoms with E-state index in [2.05, 4.69) is 17.2 Å². The molecule has 1 rings (SSSR count). The number of amides is 1. The first kappa shape index (κ1) is 13.9. The van der Waals surface area contributed by atoms with Gasteiger partial charge in [-0.1, -0.05) is 11.8 Å². The van der Waals surface area contributed by atoms with Crippen LogP contribution in [0.3, 0.4) is 0 Å². The van der Waals surface area contributed by atoms with Crippen LogP contribution in [0.5, 0.6) is 11.5 Å². The van der Waals surface area contributed by atoms with Gasteiger partial charge >= 0.3 is 0 Å². The topological polar surface area (TPSA) is 73.6 Å². The van der Waals surface area contributed by atoms with Crippen molar-refractivity contribution in [2.45, 2.75) is 0 Å². The van der Waals surface area contributed by atoms with Crippen molar-refractivity contribution in [3.63, 3.8) is 0 Å². The molecule has 0 aliphatic heterocycles. The molecule has 1 aromatic rings. The molecule has 1 aromatic carbocycles. The Balaban J connectivity index is 2.72. The molecule has 0 aliphatic rings. The van der Waals surface area contributed by atoms with Gasteiger partial charge in [-0.15, -0.1) is 0 Å². The van der Waals surface area contributed by atoms with Gasteiger partial charge in [0, 0.05) is 6.07 Å². The highest BCUT2D eigenvalue weighted by atomic mass is 16.5. The molecule has 0 saturated heterocycles. The molecule has 0 fully saturated rings. The molecular formula is C13H16N2O3. The Labute approximate surface area is 106 Å². The second-order valence-corrected chi connectivity index (χ2v) is 3.35. The predicted molar refractivity (Wildman–Crippen MR) is 68.5 cm³/mol. The maximum atomic E-state index is 10.9. The molecule has 0 bridgehead atoms. The first-order chi connectivity index (χ1) is 8.71. The van der Waals surface area contributed by atoms with Gasteiger partial charge in [-0.3, -0.25) is 4.79 Å². The van der Waals surface area contributed by atoms with Crippen LogP contribution >= 0.6 is 0 Å². The van der Waals surface area contributed by atoms with Crippen molar-refractivity contribution < 1.29 is 14.3 Å². The van der Waals surface area contributed by atoms with Gasteiger partial charge in [-0.25, -0.2) is 0 Å². The highest BCUT2D eigenvalue weighted by molar-refractivity contribution is 5.77. The van der Waals surface area contributed by atoms with E-state index in [0.29, 0.717) is 11.5 Å². The summed E-state index contributed by atoms with van der Waals surface area (Å²) in [4.78, 5) is 10.9. The summed E-state index contributed by atoms with van der Waals surface area (Å²) in [6, 6.07) is 5.35. The van der Waals surface area contributed by atoms with Crippen molar-refractivity contribution in [3.05, 3.63) is 23.8 Å². The zero-order chi connectivity index (χ0) is 13.4. The third-order valence-corrected chi connectivity index (χ3v) is 2.19. The van der Waals surface area contributed by atoms with Crippen molar-refractivity contribution in [1.82, 2.24) is 5.32 Å². The molecule has 1 amide bonds. The van der Waals surface area contributed by atoms with Crippen LogP contribution in [-0.2, 0) is 4.79 Å². The fraction of sp³-hybridized carbons (Fsp3) is 0.308. The summed E-state index contributed by atoms with van der Waals surface area (Å²) in [6.07, 6.45) is 0. The zero-order valence-corrected chi connectivity index (χ0v) is 10.4. The van der Waals surface area contributed by atoms with Crippen LogP contribution in [0.25, 0.3) is 0 Å². The number of rotatable bonds is 4. The van der Waals surface area contributed by atoms with E-state index < -0.39 is 0 Å². The van der Waals surface area contributed by atoms with Crippen molar-refractivity contribution in [2.75, 3.05) is 27.3 Å². The molecule has 0 atom stereocenters. The summed E-state index contributed by atoms with van der Waals surface area (Å²) in [5.74, 6) is 6.83. The number of hydrogen-bond donors (Lipinski definition) is 2. The number of nitrogens with one attached hydrogen (secondary N) is 1. The SMILES string of the molecule is COc1ccc(C#CCNC(=O)CN)c(OC)c1. The first-order valence-corrected chi connectivity index (χ1v) is 5.39. The van der Waals surface area contributed by atoms with Crippen molar-refractivity contribution >= 4 is 5.91 Å². The van der Waals surface area contributed by atoms with E-state index in [9.17, 15) is 4.79 Å².